The highest BCUT2D eigenvalue weighted by molar-refractivity contribution is 7.85. The number of rotatable bonds is 5. The summed E-state index contributed by atoms with van der Waals surface area (Å²) in [5.41, 5.74) is -0.425. The van der Waals surface area contributed by atoms with Crippen LogP contribution in [0.25, 0.3) is 0 Å². The van der Waals surface area contributed by atoms with E-state index in [0.717, 1.165) is 44.1 Å². The summed E-state index contributed by atoms with van der Waals surface area (Å²) in [4.78, 5) is 2.30. The highest BCUT2D eigenvalue weighted by Gasteiger charge is 2.24. The van der Waals surface area contributed by atoms with Gasteiger partial charge in [-0.15, -0.1) is 0 Å². The fourth-order valence-corrected chi connectivity index (χ4v) is 2.98. The fourth-order valence-electron chi connectivity index (χ4n) is 1.86. The van der Waals surface area contributed by atoms with Crippen LogP contribution in [0.4, 0.5) is 0 Å². The van der Waals surface area contributed by atoms with Crippen molar-refractivity contribution in [3.05, 3.63) is 0 Å². The van der Waals surface area contributed by atoms with Crippen molar-refractivity contribution in [2.24, 2.45) is 0 Å². The van der Waals surface area contributed by atoms with Gasteiger partial charge in [0.2, 0.25) is 0 Å². The zero-order valence-electron chi connectivity index (χ0n) is 10.2. The molecule has 0 aliphatic carbocycles. The average Bonchev–Trinajstić information content (AvgIpc) is 2.29. The van der Waals surface area contributed by atoms with Crippen LogP contribution in [-0.4, -0.2) is 52.3 Å². The van der Waals surface area contributed by atoms with Crippen LogP contribution in [0.15, 0.2) is 0 Å². The van der Waals surface area contributed by atoms with Crippen LogP contribution < -0.4 is 5.32 Å². The van der Waals surface area contributed by atoms with Crippen molar-refractivity contribution in [3.63, 3.8) is 0 Å². The summed E-state index contributed by atoms with van der Waals surface area (Å²) in [7, 11) is -0.613. The summed E-state index contributed by atoms with van der Waals surface area (Å²) in [5, 5.41) is 12.3. The molecule has 0 aromatic heterocycles. The third-order valence-corrected chi connectivity index (χ3v) is 4.29. The fraction of sp³-hybridized carbons (Fsp3) is 0.909. The molecular weight excluding hydrogens is 222 g/mol. The highest BCUT2D eigenvalue weighted by atomic mass is 32.2. The molecule has 0 aromatic carbocycles. The molecule has 1 heterocycles. The lowest BCUT2D eigenvalue weighted by molar-refractivity contribution is 0.264. The minimum absolute atomic E-state index is 0.425. The van der Waals surface area contributed by atoms with E-state index < -0.39 is 16.3 Å². The Morgan fingerprint density at radius 2 is 2.12 bits per heavy atom. The lowest BCUT2D eigenvalue weighted by atomic mass is 9.99. The molecular formula is C11H21N3OS. The molecule has 0 bridgehead atoms. The van der Waals surface area contributed by atoms with Crippen molar-refractivity contribution in [3.8, 4) is 6.07 Å². The van der Waals surface area contributed by atoms with Gasteiger partial charge in [0.05, 0.1) is 6.07 Å². The second kappa shape index (κ2) is 6.33. The van der Waals surface area contributed by atoms with Gasteiger partial charge in [-0.05, 0) is 19.9 Å². The van der Waals surface area contributed by atoms with Crippen LogP contribution >= 0.6 is 0 Å². The van der Waals surface area contributed by atoms with E-state index >= 15 is 0 Å². The maximum atomic E-state index is 11.2. The molecule has 1 rings (SSSR count). The van der Waals surface area contributed by atoms with E-state index in [-0.39, 0.29) is 0 Å². The van der Waals surface area contributed by atoms with Crippen molar-refractivity contribution in [2.75, 3.05) is 37.7 Å². The van der Waals surface area contributed by atoms with Gasteiger partial charge in [-0.3, -0.25) is 9.53 Å². The Labute approximate surface area is 100 Å². The van der Waals surface area contributed by atoms with Gasteiger partial charge in [0.25, 0.3) is 0 Å². The van der Waals surface area contributed by atoms with Crippen molar-refractivity contribution >= 4 is 10.8 Å². The van der Waals surface area contributed by atoms with Gasteiger partial charge < -0.3 is 4.90 Å². The summed E-state index contributed by atoms with van der Waals surface area (Å²) in [6, 6.07) is 2.33. The third kappa shape index (κ3) is 4.20. The van der Waals surface area contributed by atoms with Crippen LogP contribution in [0.2, 0.25) is 0 Å². The van der Waals surface area contributed by atoms with Gasteiger partial charge in [0.1, 0.15) is 5.54 Å². The maximum Gasteiger partial charge on any atom is 0.105 e. The smallest absolute Gasteiger partial charge is 0.105 e. The lowest BCUT2D eigenvalue weighted by Crippen LogP contribution is -2.46. The first-order valence-electron chi connectivity index (χ1n) is 5.83. The van der Waals surface area contributed by atoms with Gasteiger partial charge in [-0.1, -0.05) is 6.92 Å². The normalized spacial score (nSPS) is 22.6. The Morgan fingerprint density at radius 1 is 1.50 bits per heavy atom. The van der Waals surface area contributed by atoms with Gasteiger partial charge in [0.15, 0.2) is 0 Å². The number of hydrogen-bond donors (Lipinski definition) is 1. The Balaban J connectivity index is 2.33. The molecule has 0 radical (unpaired) electrons. The molecule has 92 valence electrons. The highest BCUT2D eigenvalue weighted by Crippen LogP contribution is 2.10. The molecule has 1 N–H and O–H groups in total. The molecule has 16 heavy (non-hydrogen) atoms. The Hall–Kier alpha value is -0.440. The molecule has 1 aliphatic heterocycles. The molecule has 5 heteroatoms. The van der Waals surface area contributed by atoms with Crippen LogP contribution in [0.5, 0.6) is 0 Å². The van der Waals surface area contributed by atoms with Crippen molar-refractivity contribution < 1.29 is 4.21 Å². The van der Waals surface area contributed by atoms with Crippen molar-refractivity contribution in [1.82, 2.24) is 10.2 Å². The zero-order valence-corrected chi connectivity index (χ0v) is 11.0. The van der Waals surface area contributed by atoms with Gasteiger partial charge in [-0.2, -0.15) is 5.26 Å². The monoisotopic (exact) mass is 243 g/mol. The standard InChI is InChI=1S/C11H21N3OS/c1-3-13-11(2,10-12)4-5-14-6-8-16(15)9-7-14/h13H,3-9H2,1-2H3. The molecule has 1 saturated heterocycles. The van der Waals surface area contributed by atoms with Crippen LogP contribution in [0.3, 0.4) is 0 Å². The molecule has 0 aromatic rings. The third-order valence-electron chi connectivity index (χ3n) is 3.01. The number of nitriles is 1. The molecule has 0 saturated carbocycles. The summed E-state index contributed by atoms with van der Waals surface area (Å²) < 4.78 is 11.2. The Kier molecular flexibility index (Phi) is 5.39. The van der Waals surface area contributed by atoms with E-state index in [4.69, 9.17) is 5.26 Å². The van der Waals surface area contributed by atoms with E-state index in [2.05, 4.69) is 16.3 Å². The predicted octanol–water partition coefficient (Wildman–Crippen LogP) is 0.333. The Morgan fingerprint density at radius 3 is 2.62 bits per heavy atom. The molecule has 1 fully saturated rings. The summed E-state index contributed by atoms with van der Waals surface area (Å²) in [6.07, 6.45) is 0.823. The molecule has 0 spiro atoms. The molecule has 0 amide bonds. The summed E-state index contributed by atoms with van der Waals surface area (Å²) in [5.74, 6) is 1.56. The van der Waals surface area contributed by atoms with Crippen molar-refractivity contribution in [1.29, 1.82) is 5.26 Å². The minimum Gasteiger partial charge on any atom is -0.301 e. The van der Waals surface area contributed by atoms with E-state index in [0.29, 0.717) is 0 Å². The summed E-state index contributed by atoms with van der Waals surface area (Å²) in [6.45, 7) is 7.49. The molecule has 1 unspecified atom stereocenters. The van der Waals surface area contributed by atoms with Crippen LogP contribution in [0.1, 0.15) is 20.3 Å². The second-order valence-corrected chi connectivity index (χ2v) is 6.11. The van der Waals surface area contributed by atoms with E-state index in [9.17, 15) is 4.21 Å². The largest absolute Gasteiger partial charge is 0.301 e. The van der Waals surface area contributed by atoms with E-state index in [1.165, 1.54) is 0 Å². The van der Waals surface area contributed by atoms with E-state index in [1.54, 1.807) is 0 Å². The van der Waals surface area contributed by atoms with Crippen LogP contribution in [-0.2, 0) is 10.8 Å². The first-order chi connectivity index (χ1) is 7.59. The Bertz CT molecular complexity index is 279. The topological polar surface area (TPSA) is 56.1 Å². The molecule has 1 aliphatic rings. The summed E-state index contributed by atoms with van der Waals surface area (Å²) >= 11 is 0. The average molecular weight is 243 g/mol. The first-order valence-corrected chi connectivity index (χ1v) is 7.32. The maximum absolute atomic E-state index is 11.2. The second-order valence-electron chi connectivity index (χ2n) is 4.41. The minimum atomic E-state index is -0.613. The van der Waals surface area contributed by atoms with Gasteiger partial charge in [-0.25, -0.2) is 0 Å². The van der Waals surface area contributed by atoms with Gasteiger partial charge >= 0.3 is 0 Å². The number of hydrogen-bond acceptors (Lipinski definition) is 4. The quantitative estimate of drug-likeness (QED) is 0.756. The van der Waals surface area contributed by atoms with Crippen molar-refractivity contribution in [2.45, 2.75) is 25.8 Å². The lowest BCUT2D eigenvalue weighted by Gasteiger charge is -2.30. The number of nitrogens with one attached hydrogen (secondary N) is 1. The van der Waals surface area contributed by atoms with Crippen LogP contribution in [0, 0.1) is 11.3 Å². The molecule has 1 atom stereocenters. The van der Waals surface area contributed by atoms with Gasteiger partial charge in [0, 0.05) is 41.9 Å². The molecule has 4 nitrogen and oxygen atoms in total. The zero-order chi connectivity index (χ0) is 12.0. The first kappa shape index (κ1) is 13.6. The predicted molar refractivity (Wildman–Crippen MR) is 66.6 cm³/mol. The van der Waals surface area contributed by atoms with E-state index in [1.807, 2.05) is 13.8 Å². The number of nitrogens with zero attached hydrogens (tertiary/aromatic N) is 2. The SMILES string of the molecule is CCNC(C)(C#N)CCN1CCS(=O)CC1.